The lowest BCUT2D eigenvalue weighted by molar-refractivity contribution is 1.43. The van der Waals surface area contributed by atoms with E-state index in [0.29, 0.717) is 0 Å². The normalized spacial score (nSPS) is 11.6. The fourth-order valence-electron chi connectivity index (χ4n) is 2.75. The van der Waals surface area contributed by atoms with Gasteiger partial charge >= 0.3 is 0 Å². The largest absolute Gasteiger partial charge is 0.355 e. The summed E-state index contributed by atoms with van der Waals surface area (Å²) in [5.74, 6) is 0. The number of aromatic nitrogens is 1. The number of fused-ring (bicyclic) bond motifs is 3. The van der Waals surface area contributed by atoms with E-state index in [2.05, 4.69) is 83.9 Å². The molecule has 0 spiro atoms. The fraction of sp³-hybridized carbons (Fsp3) is 0. The van der Waals surface area contributed by atoms with Gasteiger partial charge in [-0.25, -0.2) is 0 Å². The maximum Gasteiger partial charge on any atom is 0.0465 e. The lowest BCUT2D eigenvalue weighted by atomic mass is 10.1. The highest BCUT2D eigenvalue weighted by Crippen LogP contribution is 2.26. The first kappa shape index (κ1) is 12.0. The Bertz CT molecular complexity index is 930. The topological polar surface area (TPSA) is 15.8 Å². The quantitative estimate of drug-likeness (QED) is 0.495. The summed E-state index contributed by atoms with van der Waals surface area (Å²) in [6, 6.07) is 25.4. The molecule has 1 heterocycles. The second-order valence-electron chi connectivity index (χ2n) is 5.22. The van der Waals surface area contributed by atoms with E-state index in [0.717, 1.165) is 5.69 Å². The van der Waals surface area contributed by atoms with E-state index in [9.17, 15) is 0 Å². The Hall–Kier alpha value is -2.80. The van der Waals surface area contributed by atoms with Crippen molar-refractivity contribution in [2.75, 3.05) is 0 Å². The summed E-state index contributed by atoms with van der Waals surface area (Å²) in [4.78, 5) is 3.47. The van der Waals surface area contributed by atoms with E-state index in [1.54, 1.807) is 0 Å². The van der Waals surface area contributed by atoms with Gasteiger partial charge in [-0.05, 0) is 34.5 Å². The molecular weight excluding hydrogens is 254 g/mol. The van der Waals surface area contributed by atoms with Crippen LogP contribution in [0.5, 0.6) is 0 Å². The summed E-state index contributed by atoms with van der Waals surface area (Å²) in [6.07, 6.45) is 4.26. The first-order chi connectivity index (χ1) is 10.4. The van der Waals surface area contributed by atoms with Crippen molar-refractivity contribution in [1.82, 2.24) is 4.98 Å². The molecule has 4 aromatic rings. The predicted molar refractivity (Wildman–Crippen MR) is 91.2 cm³/mol. The Balaban J connectivity index is 1.80. The van der Waals surface area contributed by atoms with Crippen molar-refractivity contribution in [2.24, 2.45) is 0 Å². The third kappa shape index (κ3) is 2.23. The lowest BCUT2D eigenvalue weighted by Crippen LogP contribution is -1.73. The van der Waals surface area contributed by atoms with Crippen LogP contribution in [0.3, 0.4) is 0 Å². The molecule has 3 aromatic carbocycles. The van der Waals surface area contributed by atoms with Crippen LogP contribution in [0, 0.1) is 0 Å². The summed E-state index contributed by atoms with van der Waals surface area (Å²) < 4.78 is 0. The Morgan fingerprint density at radius 1 is 0.667 bits per heavy atom. The molecule has 0 fully saturated rings. The molecule has 4 rings (SSSR count). The molecule has 1 N–H and O–H groups in total. The molecule has 0 saturated carbocycles. The summed E-state index contributed by atoms with van der Waals surface area (Å²) >= 11 is 0. The number of H-pyrrole nitrogens is 1. The van der Waals surface area contributed by atoms with E-state index in [1.165, 1.54) is 27.2 Å². The Morgan fingerprint density at radius 2 is 1.48 bits per heavy atom. The summed E-state index contributed by atoms with van der Waals surface area (Å²) in [5, 5.41) is 3.86. The van der Waals surface area contributed by atoms with Crippen LogP contribution < -0.4 is 0 Å². The van der Waals surface area contributed by atoms with Crippen molar-refractivity contribution in [2.45, 2.75) is 0 Å². The highest BCUT2D eigenvalue weighted by atomic mass is 14.7. The lowest BCUT2D eigenvalue weighted by Gasteiger charge is -1.97. The van der Waals surface area contributed by atoms with Crippen molar-refractivity contribution in [3.8, 4) is 0 Å². The minimum atomic E-state index is 1.13. The van der Waals surface area contributed by atoms with Gasteiger partial charge in [0, 0.05) is 16.6 Å². The minimum Gasteiger partial charge on any atom is -0.355 e. The van der Waals surface area contributed by atoms with Gasteiger partial charge in [-0.15, -0.1) is 0 Å². The van der Waals surface area contributed by atoms with Gasteiger partial charge in [0.05, 0.1) is 0 Å². The second kappa shape index (κ2) is 4.95. The molecule has 0 aliphatic rings. The Kier molecular flexibility index (Phi) is 2.82. The number of rotatable bonds is 2. The standard InChI is InChI=1S/C20H15N/c1-2-6-15(7-3-1)10-12-17-14-19-18-9-5-4-8-16(18)11-13-20(19)21-17/h1-14,21H. The van der Waals surface area contributed by atoms with E-state index in [-0.39, 0.29) is 0 Å². The van der Waals surface area contributed by atoms with Crippen LogP contribution >= 0.6 is 0 Å². The van der Waals surface area contributed by atoms with Gasteiger partial charge in [-0.2, -0.15) is 0 Å². The third-order valence-electron chi connectivity index (χ3n) is 3.80. The van der Waals surface area contributed by atoms with Crippen molar-refractivity contribution in [3.05, 3.63) is 84.1 Å². The van der Waals surface area contributed by atoms with E-state index in [1.807, 2.05) is 6.07 Å². The maximum absolute atomic E-state index is 3.47. The van der Waals surface area contributed by atoms with Crippen molar-refractivity contribution >= 4 is 33.8 Å². The molecule has 0 bridgehead atoms. The van der Waals surface area contributed by atoms with Crippen LogP contribution in [0.1, 0.15) is 11.3 Å². The molecule has 0 saturated heterocycles. The molecule has 21 heavy (non-hydrogen) atoms. The molecular formula is C20H15N. The molecule has 0 aliphatic heterocycles. The zero-order valence-electron chi connectivity index (χ0n) is 11.6. The zero-order valence-corrected chi connectivity index (χ0v) is 11.6. The van der Waals surface area contributed by atoms with Gasteiger partial charge in [0.25, 0.3) is 0 Å². The molecule has 0 radical (unpaired) electrons. The first-order valence-electron chi connectivity index (χ1n) is 7.14. The fourth-order valence-corrected chi connectivity index (χ4v) is 2.75. The molecule has 0 aliphatic carbocycles. The minimum absolute atomic E-state index is 1.13. The van der Waals surface area contributed by atoms with Crippen LogP contribution in [-0.4, -0.2) is 4.98 Å². The van der Waals surface area contributed by atoms with Gasteiger partial charge in [0.15, 0.2) is 0 Å². The highest BCUT2D eigenvalue weighted by Gasteiger charge is 2.02. The smallest absolute Gasteiger partial charge is 0.0465 e. The van der Waals surface area contributed by atoms with E-state index in [4.69, 9.17) is 0 Å². The summed E-state index contributed by atoms with van der Waals surface area (Å²) in [7, 11) is 0. The second-order valence-corrected chi connectivity index (χ2v) is 5.22. The van der Waals surface area contributed by atoms with Crippen LogP contribution in [0.25, 0.3) is 33.8 Å². The monoisotopic (exact) mass is 269 g/mol. The number of benzene rings is 3. The average Bonchev–Trinajstić information content (AvgIpc) is 2.97. The maximum atomic E-state index is 3.47. The third-order valence-corrected chi connectivity index (χ3v) is 3.80. The van der Waals surface area contributed by atoms with E-state index < -0.39 is 0 Å². The first-order valence-corrected chi connectivity index (χ1v) is 7.14. The van der Waals surface area contributed by atoms with Crippen LogP contribution in [0.2, 0.25) is 0 Å². The summed E-state index contributed by atoms with van der Waals surface area (Å²) in [6.45, 7) is 0. The Morgan fingerprint density at radius 3 is 2.38 bits per heavy atom. The van der Waals surface area contributed by atoms with Crippen molar-refractivity contribution in [3.63, 3.8) is 0 Å². The molecule has 1 nitrogen and oxygen atoms in total. The van der Waals surface area contributed by atoms with Gasteiger partial charge in [-0.3, -0.25) is 0 Å². The molecule has 1 aromatic heterocycles. The highest BCUT2D eigenvalue weighted by molar-refractivity contribution is 6.07. The van der Waals surface area contributed by atoms with Crippen LogP contribution in [0.4, 0.5) is 0 Å². The van der Waals surface area contributed by atoms with Crippen LogP contribution in [-0.2, 0) is 0 Å². The van der Waals surface area contributed by atoms with Gasteiger partial charge in [0.1, 0.15) is 0 Å². The number of hydrogen-bond acceptors (Lipinski definition) is 0. The van der Waals surface area contributed by atoms with Gasteiger partial charge in [0.2, 0.25) is 0 Å². The average molecular weight is 269 g/mol. The van der Waals surface area contributed by atoms with Crippen LogP contribution in [0.15, 0.2) is 72.8 Å². The molecule has 0 amide bonds. The van der Waals surface area contributed by atoms with E-state index >= 15 is 0 Å². The van der Waals surface area contributed by atoms with Gasteiger partial charge in [-0.1, -0.05) is 66.7 Å². The molecule has 0 atom stereocenters. The van der Waals surface area contributed by atoms with Crippen molar-refractivity contribution < 1.29 is 0 Å². The molecule has 100 valence electrons. The molecule has 0 unspecified atom stereocenters. The Labute approximate surface area is 123 Å². The summed E-state index contributed by atoms with van der Waals surface area (Å²) in [5.41, 5.74) is 3.52. The number of aromatic amines is 1. The molecule has 1 heteroatoms. The zero-order chi connectivity index (χ0) is 14.1. The van der Waals surface area contributed by atoms with Crippen molar-refractivity contribution in [1.29, 1.82) is 0 Å². The number of hydrogen-bond donors (Lipinski definition) is 1. The van der Waals surface area contributed by atoms with Gasteiger partial charge < -0.3 is 4.98 Å². The SMILES string of the molecule is C(=Cc1cc2c(ccc3ccccc32)[nH]1)c1ccccc1. The number of nitrogens with one attached hydrogen (secondary N) is 1. The predicted octanol–water partition coefficient (Wildman–Crippen LogP) is 5.49.